The first kappa shape index (κ1) is 23.5. The van der Waals surface area contributed by atoms with Gasteiger partial charge in [-0.05, 0) is 59.0 Å². The molecule has 0 bridgehead atoms. The number of halogens is 2. The zero-order valence-corrected chi connectivity index (χ0v) is 19.7. The van der Waals surface area contributed by atoms with Gasteiger partial charge in [-0.25, -0.2) is 4.39 Å². The Hall–Kier alpha value is -3.64. The number of benzene rings is 3. The van der Waals surface area contributed by atoms with Gasteiger partial charge >= 0.3 is 0 Å². The van der Waals surface area contributed by atoms with Crippen LogP contribution in [0.25, 0.3) is 0 Å². The van der Waals surface area contributed by atoms with E-state index in [1.807, 2.05) is 24.3 Å². The molecule has 0 aliphatic heterocycles. The van der Waals surface area contributed by atoms with E-state index in [9.17, 15) is 9.18 Å². The molecule has 1 amide bonds. The summed E-state index contributed by atoms with van der Waals surface area (Å²) >= 11 is 6.09. The number of nitrogens with zero attached hydrogens (tertiary/aromatic N) is 2. The molecule has 0 aliphatic carbocycles. The lowest BCUT2D eigenvalue weighted by Crippen LogP contribution is -2.13. The molecule has 5 nitrogen and oxygen atoms in total. The van der Waals surface area contributed by atoms with Crippen LogP contribution in [-0.4, -0.2) is 15.7 Å². The van der Waals surface area contributed by atoms with Crippen LogP contribution < -0.4 is 10.1 Å². The van der Waals surface area contributed by atoms with Crippen molar-refractivity contribution in [2.75, 3.05) is 5.32 Å². The second kappa shape index (κ2) is 10.5. The predicted molar refractivity (Wildman–Crippen MR) is 132 cm³/mol. The van der Waals surface area contributed by atoms with Gasteiger partial charge in [-0.2, -0.15) is 5.10 Å². The maximum absolute atomic E-state index is 13.2. The molecule has 0 aliphatic rings. The quantitative estimate of drug-likeness (QED) is 0.308. The van der Waals surface area contributed by atoms with Gasteiger partial charge in [-0.3, -0.25) is 9.48 Å². The molecule has 0 fully saturated rings. The van der Waals surface area contributed by atoms with Crippen molar-refractivity contribution in [1.82, 2.24) is 9.78 Å². The highest BCUT2D eigenvalue weighted by atomic mass is 35.5. The molecule has 174 valence electrons. The maximum atomic E-state index is 13.2. The molecule has 7 heteroatoms. The van der Waals surface area contributed by atoms with Crippen molar-refractivity contribution in [3.05, 3.63) is 112 Å². The molecule has 0 radical (unpaired) electrons. The molecule has 1 N–H and O–H groups in total. The number of carbonyl (C=O) groups is 1. The van der Waals surface area contributed by atoms with Crippen LogP contribution in [-0.2, 0) is 13.2 Å². The molecule has 1 heterocycles. The number of carbonyl (C=O) groups excluding carboxylic acids is 1. The van der Waals surface area contributed by atoms with Crippen molar-refractivity contribution in [2.45, 2.75) is 32.9 Å². The number of amides is 1. The molecule has 0 saturated heterocycles. The monoisotopic (exact) mass is 477 g/mol. The number of hydrogen-bond donors (Lipinski definition) is 1. The number of ether oxygens (including phenoxy) is 1. The van der Waals surface area contributed by atoms with Gasteiger partial charge < -0.3 is 10.1 Å². The van der Waals surface area contributed by atoms with Gasteiger partial charge in [-0.1, -0.05) is 55.8 Å². The van der Waals surface area contributed by atoms with E-state index in [1.165, 1.54) is 17.7 Å². The Labute approximate surface area is 203 Å². The summed E-state index contributed by atoms with van der Waals surface area (Å²) in [5.74, 6) is 1.00. The lowest BCUT2D eigenvalue weighted by atomic mass is 10.0. The highest BCUT2D eigenvalue weighted by molar-refractivity contribution is 6.31. The van der Waals surface area contributed by atoms with Crippen molar-refractivity contribution in [3.8, 4) is 5.75 Å². The highest BCUT2D eigenvalue weighted by Gasteiger charge is 2.10. The number of aromatic nitrogens is 2. The summed E-state index contributed by atoms with van der Waals surface area (Å²) < 4.78 is 20.7. The van der Waals surface area contributed by atoms with Crippen molar-refractivity contribution < 1.29 is 13.9 Å². The molecule has 4 aromatic rings. The molecule has 34 heavy (non-hydrogen) atoms. The van der Waals surface area contributed by atoms with Crippen molar-refractivity contribution in [3.63, 3.8) is 0 Å². The van der Waals surface area contributed by atoms with Gasteiger partial charge in [0, 0.05) is 22.8 Å². The maximum Gasteiger partial charge on any atom is 0.256 e. The summed E-state index contributed by atoms with van der Waals surface area (Å²) in [4.78, 5) is 12.7. The number of rotatable bonds is 8. The van der Waals surface area contributed by atoms with Gasteiger partial charge in [0.05, 0.1) is 6.54 Å². The Morgan fingerprint density at radius 2 is 1.88 bits per heavy atom. The van der Waals surface area contributed by atoms with Crippen LogP contribution in [0.1, 0.15) is 46.8 Å². The summed E-state index contributed by atoms with van der Waals surface area (Å²) in [7, 11) is 0. The van der Waals surface area contributed by atoms with Gasteiger partial charge in [0.2, 0.25) is 0 Å². The Kier molecular flexibility index (Phi) is 7.28. The van der Waals surface area contributed by atoms with E-state index >= 15 is 0 Å². The van der Waals surface area contributed by atoms with E-state index in [1.54, 1.807) is 35.1 Å². The van der Waals surface area contributed by atoms with Gasteiger partial charge in [0.25, 0.3) is 5.91 Å². The molecule has 1 aromatic heterocycles. The van der Waals surface area contributed by atoms with Crippen molar-refractivity contribution in [1.29, 1.82) is 0 Å². The van der Waals surface area contributed by atoms with E-state index in [0.717, 1.165) is 16.9 Å². The van der Waals surface area contributed by atoms with Crippen LogP contribution in [0, 0.1) is 5.82 Å². The second-order valence-corrected chi connectivity index (χ2v) is 8.71. The third-order valence-electron chi connectivity index (χ3n) is 5.37. The standard InChI is InChI=1S/C27H25ClFN3O2/c1-18(2)20-7-10-24(11-8-20)34-17-19-4-3-5-21(14-19)27(33)30-26-12-13-32(31-26)16-22-6-9-23(29)15-25(22)28/h3-15,18H,16-17H2,1-2H3,(H,30,31,33). The van der Waals surface area contributed by atoms with Gasteiger partial charge in [0.15, 0.2) is 5.82 Å². The molecule has 0 unspecified atom stereocenters. The second-order valence-electron chi connectivity index (χ2n) is 8.30. The molecule has 3 aromatic carbocycles. The zero-order valence-electron chi connectivity index (χ0n) is 19.0. The van der Waals surface area contributed by atoms with E-state index < -0.39 is 0 Å². The molecule has 4 rings (SSSR count). The minimum atomic E-state index is -0.390. The van der Waals surface area contributed by atoms with Gasteiger partial charge in [0.1, 0.15) is 18.2 Å². The first-order chi connectivity index (χ1) is 16.4. The first-order valence-electron chi connectivity index (χ1n) is 11.0. The fourth-order valence-electron chi connectivity index (χ4n) is 3.45. The predicted octanol–water partition coefficient (Wildman–Crippen LogP) is 6.68. The van der Waals surface area contributed by atoms with Crippen LogP contribution in [0.3, 0.4) is 0 Å². The van der Waals surface area contributed by atoms with E-state index in [-0.39, 0.29) is 11.7 Å². The zero-order chi connectivity index (χ0) is 24.1. The third-order valence-corrected chi connectivity index (χ3v) is 5.72. The molecule has 0 atom stereocenters. The minimum absolute atomic E-state index is 0.270. The smallest absolute Gasteiger partial charge is 0.256 e. The summed E-state index contributed by atoms with van der Waals surface area (Å²) in [5.41, 5.74) is 3.38. The first-order valence-corrected chi connectivity index (χ1v) is 11.4. The Balaban J connectivity index is 1.36. The van der Waals surface area contributed by atoms with Crippen LogP contribution in [0.2, 0.25) is 5.02 Å². The molecule has 0 spiro atoms. The SMILES string of the molecule is CC(C)c1ccc(OCc2cccc(C(=O)Nc3ccn(Cc4ccc(F)cc4Cl)n3)c2)cc1. The van der Waals surface area contributed by atoms with Crippen LogP contribution in [0.5, 0.6) is 5.75 Å². The highest BCUT2D eigenvalue weighted by Crippen LogP contribution is 2.21. The average molecular weight is 478 g/mol. The summed E-state index contributed by atoms with van der Waals surface area (Å²) in [6, 6.07) is 21.3. The fraction of sp³-hybridized carbons (Fsp3) is 0.185. The van der Waals surface area contributed by atoms with Crippen LogP contribution in [0.15, 0.2) is 79.0 Å². The van der Waals surface area contributed by atoms with E-state index in [4.69, 9.17) is 16.3 Å². The summed E-state index contributed by atoms with van der Waals surface area (Å²) in [5, 5.41) is 7.49. The Bertz CT molecular complexity index is 1290. The normalized spacial score (nSPS) is 11.0. The lowest BCUT2D eigenvalue weighted by Gasteiger charge is -2.10. The molecular formula is C27H25ClFN3O2. The molecule has 0 saturated carbocycles. The Morgan fingerprint density at radius 1 is 1.09 bits per heavy atom. The minimum Gasteiger partial charge on any atom is -0.489 e. The van der Waals surface area contributed by atoms with E-state index in [2.05, 4.69) is 36.4 Å². The summed E-state index contributed by atoms with van der Waals surface area (Å²) in [6.45, 7) is 5.02. The Morgan fingerprint density at radius 3 is 2.62 bits per heavy atom. The lowest BCUT2D eigenvalue weighted by molar-refractivity contribution is 0.102. The fourth-order valence-corrected chi connectivity index (χ4v) is 3.67. The largest absolute Gasteiger partial charge is 0.489 e. The van der Waals surface area contributed by atoms with Gasteiger partial charge in [-0.15, -0.1) is 0 Å². The third kappa shape index (κ3) is 6.02. The average Bonchev–Trinajstić information content (AvgIpc) is 3.26. The van der Waals surface area contributed by atoms with Crippen molar-refractivity contribution >= 4 is 23.3 Å². The van der Waals surface area contributed by atoms with E-state index in [0.29, 0.717) is 35.5 Å². The molecular weight excluding hydrogens is 453 g/mol. The number of nitrogens with one attached hydrogen (secondary N) is 1. The topological polar surface area (TPSA) is 56.1 Å². The van der Waals surface area contributed by atoms with Crippen LogP contribution >= 0.6 is 11.6 Å². The number of anilines is 1. The van der Waals surface area contributed by atoms with Crippen LogP contribution in [0.4, 0.5) is 10.2 Å². The van der Waals surface area contributed by atoms with Crippen molar-refractivity contribution in [2.24, 2.45) is 0 Å². The number of hydrogen-bond acceptors (Lipinski definition) is 3. The summed E-state index contributed by atoms with van der Waals surface area (Å²) in [6.07, 6.45) is 1.73.